The van der Waals surface area contributed by atoms with E-state index in [1.165, 1.54) is 34.8 Å². The molecule has 92 valence electrons. The fourth-order valence-electron chi connectivity index (χ4n) is 2.74. The van der Waals surface area contributed by atoms with Crippen molar-refractivity contribution in [3.63, 3.8) is 0 Å². The zero-order valence-electron chi connectivity index (χ0n) is 10.5. The SMILES string of the molecule is NC1C=C(c2cccc3ccncc23)CCCC1. The van der Waals surface area contributed by atoms with Crippen LogP contribution in [0.1, 0.15) is 31.2 Å². The summed E-state index contributed by atoms with van der Waals surface area (Å²) in [4.78, 5) is 4.25. The number of benzene rings is 1. The normalized spacial score (nSPS) is 20.5. The average Bonchev–Trinajstić information content (AvgIpc) is 2.63. The highest BCUT2D eigenvalue weighted by atomic mass is 14.6. The predicted octanol–water partition coefficient (Wildman–Crippen LogP) is 3.52. The van der Waals surface area contributed by atoms with Crippen molar-refractivity contribution in [2.24, 2.45) is 5.73 Å². The molecular weight excluding hydrogens is 220 g/mol. The molecule has 1 aliphatic carbocycles. The molecule has 1 heterocycles. The highest BCUT2D eigenvalue weighted by Gasteiger charge is 2.12. The molecule has 2 heteroatoms. The van der Waals surface area contributed by atoms with E-state index in [4.69, 9.17) is 5.73 Å². The average molecular weight is 238 g/mol. The van der Waals surface area contributed by atoms with Crippen LogP contribution in [0.25, 0.3) is 16.3 Å². The highest BCUT2D eigenvalue weighted by molar-refractivity contribution is 5.93. The standard InChI is InChI=1S/C16H18N2/c17-14-6-2-1-4-13(10-14)15-7-3-5-12-8-9-18-11-16(12)15/h3,5,7-11,14H,1-2,4,6,17H2. The molecule has 0 spiro atoms. The number of fused-ring (bicyclic) bond motifs is 1. The number of hydrogen-bond acceptors (Lipinski definition) is 2. The monoisotopic (exact) mass is 238 g/mol. The number of rotatable bonds is 1. The fourth-order valence-corrected chi connectivity index (χ4v) is 2.74. The van der Waals surface area contributed by atoms with Gasteiger partial charge in [-0.3, -0.25) is 4.98 Å². The molecule has 1 aliphatic rings. The van der Waals surface area contributed by atoms with Crippen molar-refractivity contribution in [1.29, 1.82) is 0 Å². The minimum Gasteiger partial charge on any atom is -0.324 e. The lowest BCUT2D eigenvalue weighted by Crippen LogP contribution is -2.15. The van der Waals surface area contributed by atoms with E-state index in [-0.39, 0.29) is 6.04 Å². The van der Waals surface area contributed by atoms with E-state index in [2.05, 4.69) is 35.3 Å². The summed E-state index contributed by atoms with van der Waals surface area (Å²) in [6, 6.07) is 8.71. The molecule has 3 rings (SSSR count). The van der Waals surface area contributed by atoms with Gasteiger partial charge >= 0.3 is 0 Å². The van der Waals surface area contributed by atoms with Crippen molar-refractivity contribution in [3.05, 3.63) is 48.3 Å². The summed E-state index contributed by atoms with van der Waals surface area (Å²) in [7, 11) is 0. The van der Waals surface area contributed by atoms with E-state index >= 15 is 0 Å². The first-order valence-electron chi connectivity index (χ1n) is 6.64. The predicted molar refractivity (Wildman–Crippen MR) is 76.2 cm³/mol. The van der Waals surface area contributed by atoms with Crippen LogP contribution in [0, 0.1) is 0 Å². The maximum atomic E-state index is 6.11. The Labute approximate surface area is 108 Å². The lowest BCUT2D eigenvalue weighted by Gasteiger charge is -2.10. The first kappa shape index (κ1) is 11.4. The van der Waals surface area contributed by atoms with Gasteiger partial charge in [0.15, 0.2) is 0 Å². The Morgan fingerprint density at radius 3 is 3.06 bits per heavy atom. The van der Waals surface area contributed by atoms with Gasteiger partial charge in [-0.2, -0.15) is 0 Å². The summed E-state index contributed by atoms with van der Waals surface area (Å²) in [5.74, 6) is 0. The van der Waals surface area contributed by atoms with Crippen LogP contribution in [-0.4, -0.2) is 11.0 Å². The third kappa shape index (κ3) is 2.16. The van der Waals surface area contributed by atoms with Gasteiger partial charge in [-0.15, -0.1) is 0 Å². The number of nitrogens with zero attached hydrogens (tertiary/aromatic N) is 1. The Kier molecular flexibility index (Phi) is 3.11. The minimum atomic E-state index is 0.203. The number of allylic oxidation sites excluding steroid dienone is 1. The molecule has 1 unspecified atom stereocenters. The van der Waals surface area contributed by atoms with Crippen LogP contribution in [0.2, 0.25) is 0 Å². The Morgan fingerprint density at radius 2 is 2.11 bits per heavy atom. The van der Waals surface area contributed by atoms with Crippen molar-refractivity contribution >= 4 is 16.3 Å². The number of pyridine rings is 1. The molecule has 0 saturated carbocycles. The van der Waals surface area contributed by atoms with Crippen molar-refractivity contribution in [2.45, 2.75) is 31.7 Å². The van der Waals surface area contributed by atoms with Gasteiger partial charge in [0.1, 0.15) is 0 Å². The van der Waals surface area contributed by atoms with E-state index in [1.54, 1.807) is 0 Å². The Morgan fingerprint density at radius 1 is 1.17 bits per heavy atom. The van der Waals surface area contributed by atoms with Gasteiger partial charge in [0.05, 0.1) is 0 Å². The molecule has 1 aromatic carbocycles. The topological polar surface area (TPSA) is 38.9 Å². The third-order valence-electron chi connectivity index (χ3n) is 3.68. The lowest BCUT2D eigenvalue weighted by atomic mass is 9.96. The van der Waals surface area contributed by atoms with Crippen LogP contribution < -0.4 is 5.73 Å². The maximum absolute atomic E-state index is 6.11. The quantitative estimate of drug-likeness (QED) is 0.825. The van der Waals surface area contributed by atoms with Crippen LogP contribution in [0.15, 0.2) is 42.7 Å². The van der Waals surface area contributed by atoms with Gasteiger partial charge in [-0.05, 0) is 41.9 Å². The van der Waals surface area contributed by atoms with Crippen LogP contribution in [-0.2, 0) is 0 Å². The van der Waals surface area contributed by atoms with Crippen molar-refractivity contribution in [2.75, 3.05) is 0 Å². The summed E-state index contributed by atoms with van der Waals surface area (Å²) in [6.45, 7) is 0. The summed E-state index contributed by atoms with van der Waals surface area (Å²) in [5, 5.41) is 2.49. The van der Waals surface area contributed by atoms with Gasteiger partial charge < -0.3 is 5.73 Å². The first-order valence-corrected chi connectivity index (χ1v) is 6.64. The molecule has 2 nitrogen and oxygen atoms in total. The molecule has 0 amide bonds. The Balaban J connectivity index is 2.13. The zero-order valence-corrected chi connectivity index (χ0v) is 10.5. The summed E-state index contributed by atoms with van der Waals surface area (Å²) < 4.78 is 0. The second kappa shape index (κ2) is 4.91. The highest BCUT2D eigenvalue weighted by Crippen LogP contribution is 2.30. The van der Waals surface area contributed by atoms with E-state index in [9.17, 15) is 0 Å². The van der Waals surface area contributed by atoms with E-state index in [1.807, 2.05) is 12.4 Å². The lowest BCUT2D eigenvalue weighted by molar-refractivity contribution is 0.658. The van der Waals surface area contributed by atoms with E-state index < -0.39 is 0 Å². The summed E-state index contributed by atoms with van der Waals surface area (Å²) >= 11 is 0. The van der Waals surface area contributed by atoms with Crippen molar-refractivity contribution in [3.8, 4) is 0 Å². The number of nitrogens with two attached hydrogens (primary N) is 1. The fraction of sp³-hybridized carbons (Fsp3) is 0.312. The second-order valence-electron chi connectivity index (χ2n) is 5.00. The van der Waals surface area contributed by atoms with Crippen molar-refractivity contribution < 1.29 is 0 Å². The maximum Gasteiger partial charge on any atom is 0.0352 e. The van der Waals surface area contributed by atoms with Crippen LogP contribution in [0.3, 0.4) is 0 Å². The second-order valence-corrected chi connectivity index (χ2v) is 5.00. The van der Waals surface area contributed by atoms with Crippen LogP contribution >= 0.6 is 0 Å². The molecule has 0 radical (unpaired) electrons. The van der Waals surface area contributed by atoms with Gasteiger partial charge in [0.25, 0.3) is 0 Å². The summed E-state index contributed by atoms with van der Waals surface area (Å²) in [5.41, 5.74) is 8.81. The first-order chi connectivity index (χ1) is 8.84. The molecule has 18 heavy (non-hydrogen) atoms. The van der Waals surface area contributed by atoms with E-state index in [0.29, 0.717) is 0 Å². The zero-order chi connectivity index (χ0) is 12.4. The molecule has 0 fully saturated rings. The van der Waals surface area contributed by atoms with Crippen LogP contribution in [0.5, 0.6) is 0 Å². The molecule has 2 aromatic rings. The van der Waals surface area contributed by atoms with Gasteiger partial charge in [0, 0.05) is 23.8 Å². The van der Waals surface area contributed by atoms with Gasteiger partial charge in [0.2, 0.25) is 0 Å². The van der Waals surface area contributed by atoms with E-state index in [0.717, 1.165) is 12.8 Å². The smallest absolute Gasteiger partial charge is 0.0352 e. The summed E-state index contributed by atoms with van der Waals surface area (Å²) in [6.07, 6.45) is 10.7. The van der Waals surface area contributed by atoms with Gasteiger partial charge in [-0.25, -0.2) is 0 Å². The minimum absolute atomic E-state index is 0.203. The molecular formula is C16H18N2. The molecule has 0 saturated heterocycles. The molecule has 1 aromatic heterocycles. The molecule has 1 atom stereocenters. The molecule has 0 aliphatic heterocycles. The van der Waals surface area contributed by atoms with Crippen molar-refractivity contribution in [1.82, 2.24) is 4.98 Å². The Bertz CT molecular complexity index is 581. The number of aromatic nitrogens is 1. The Hall–Kier alpha value is -1.67. The molecule has 2 N–H and O–H groups in total. The third-order valence-corrected chi connectivity index (χ3v) is 3.68. The van der Waals surface area contributed by atoms with Gasteiger partial charge in [-0.1, -0.05) is 30.7 Å². The number of hydrogen-bond donors (Lipinski definition) is 1. The molecule has 0 bridgehead atoms. The van der Waals surface area contributed by atoms with Crippen LogP contribution in [0.4, 0.5) is 0 Å². The largest absolute Gasteiger partial charge is 0.324 e.